The van der Waals surface area contributed by atoms with Crippen molar-refractivity contribution < 1.29 is 4.42 Å². The molecule has 0 aliphatic rings. The van der Waals surface area contributed by atoms with E-state index in [2.05, 4.69) is 228 Å². The Morgan fingerprint density at radius 3 is 1.18 bits per heavy atom. The van der Waals surface area contributed by atoms with E-state index >= 15 is 0 Å². The van der Waals surface area contributed by atoms with Gasteiger partial charge in [0, 0.05) is 39.6 Å². The van der Waals surface area contributed by atoms with Crippen LogP contribution in [-0.2, 0) is 0 Å². The molecule has 1 aromatic heterocycles. The molecule has 0 aliphatic carbocycles. The van der Waals surface area contributed by atoms with Crippen LogP contribution in [-0.4, -0.2) is 0 Å². The molecule has 0 fully saturated rings. The molecule has 10 aromatic rings. The molecule has 0 saturated heterocycles. The van der Waals surface area contributed by atoms with E-state index in [0.717, 1.165) is 72.6 Å². The molecule has 260 valence electrons. The first-order valence-electron chi connectivity index (χ1n) is 18.7. The summed E-state index contributed by atoms with van der Waals surface area (Å²) in [5, 5.41) is 4.49. The SMILES string of the molecule is c1ccc(-c2cccc(N(c3ccccc3)c3cc4oc5cc6ccccc6cc5c4cc3N(c3ccccc3)c3cccc(-c4ccccc4)c3)c2)cc1. The Morgan fingerprint density at radius 2 is 0.655 bits per heavy atom. The van der Waals surface area contributed by atoms with Gasteiger partial charge in [0.1, 0.15) is 11.2 Å². The summed E-state index contributed by atoms with van der Waals surface area (Å²) < 4.78 is 6.79. The molecule has 0 spiro atoms. The highest BCUT2D eigenvalue weighted by molar-refractivity contribution is 6.13. The van der Waals surface area contributed by atoms with Gasteiger partial charge in [-0.05, 0) is 99.8 Å². The molecule has 55 heavy (non-hydrogen) atoms. The van der Waals surface area contributed by atoms with Gasteiger partial charge in [-0.1, -0.05) is 146 Å². The molecule has 0 atom stereocenters. The largest absolute Gasteiger partial charge is 0.456 e. The molecule has 10 rings (SSSR count). The molecule has 0 bridgehead atoms. The maximum atomic E-state index is 6.79. The number of para-hydroxylation sites is 2. The summed E-state index contributed by atoms with van der Waals surface area (Å²) in [6, 6.07) is 77.6. The lowest BCUT2D eigenvalue weighted by atomic mass is 10.0. The van der Waals surface area contributed by atoms with Crippen molar-refractivity contribution in [2.24, 2.45) is 0 Å². The normalized spacial score (nSPS) is 11.3. The Hall–Kier alpha value is -7.36. The Bertz CT molecular complexity index is 2920. The van der Waals surface area contributed by atoms with Crippen LogP contribution in [0.1, 0.15) is 0 Å². The summed E-state index contributed by atoms with van der Waals surface area (Å²) >= 11 is 0. The fraction of sp³-hybridized carbons (Fsp3) is 0. The molecule has 0 unspecified atom stereocenters. The third-order valence-corrected chi connectivity index (χ3v) is 10.4. The van der Waals surface area contributed by atoms with Crippen molar-refractivity contribution in [3.8, 4) is 22.3 Å². The van der Waals surface area contributed by atoms with Crippen molar-refractivity contribution in [1.29, 1.82) is 0 Å². The predicted octanol–water partition coefficient (Wildman–Crippen LogP) is 15.0. The molecule has 1 heterocycles. The highest BCUT2D eigenvalue weighted by Gasteiger charge is 2.25. The molecule has 0 saturated carbocycles. The lowest BCUT2D eigenvalue weighted by Gasteiger charge is -2.33. The molecular formula is C52H36N2O. The standard InChI is InChI=1S/C52H36N2O/c1-5-17-37(18-6-1)39-23-15-29-45(31-39)53(43-25-9-3-10-26-43)49-35-48-47-33-41-21-13-14-22-42(41)34-51(47)55-52(48)36-50(49)54(44-27-11-4-12-28-44)46-30-16-24-40(32-46)38-19-7-2-8-20-38/h1-36H. The second-order valence-electron chi connectivity index (χ2n) is 13.8. The zero-order chi connectivity index (χ0) is 36.6. The molecule has 3 heteroatoms. The number of fused-ring (bicyclic) bond motifs is 4. The third-order valence-electron chi connectivity index (χ3n) is 10.4. The Balaban J connectivity index is 1.29. The van der Waals surface area contributed by atoms with Gasteiger partial charge in [0.05, 0.1) is 11.4 Å². The van der Waals surface area contributed by atoms with Gasteiger partial charge in [-0.3, -0.25) is 0 Å². The smallest absolute Gasteiger partial charge is 0.137 e. The minimum atomic E-state index is 0.829. The maximum absolute atomic E-state index is 6.79. The fourth-order valence-electron chi connectivity index (χ4n) is 7.76. The second kappa shape index (κ2) is 13.9. The highest BCUT2D eigenvalue weighted by atomic mass is 16.3. The summed E-state index contributed by atoms with van der Waals surface area (Å²) in [5.74, 6) is 0. The number of nitrogens with zero attached hydrogens (tertiary/aromatic N) is 2. The van der Waals surface area contributed by atoms with Gasteiger partial charge in [-0.2, -0.15) is 0 Å². The molecule has 0 radical (unpaired) electrons. The molecule has 0 amide bonds. The topological polar surface area (TPSA) is 19.6 Å². The monoisotopic (exact) mass is 704 g/mol. The summed E-state index contributed by atoms with van der Waals surface area (Å²) in [6.07, 6.45) is 0. The third kappa shape index (κ3) is 6.08. The first-order valence-corrected chi connectivity index (χ1v) is 18.7. The van der Waals surface area contributed by atoms with E-state index in [1.807, 2.05) is 0 Å². The van der Waals surface area contributed by atoms with Crippen molar-refractivity contribution in [2.75, 3.05) is 9.80 Å². The van der Waals surface area contributed by atoms with E-state index in [1.165, 1.54) is 16.5 Å². The molecule has 0 N–H and O–H groups in total. The van der Waals surface area contributed by atoms with Crippen molar-refractivity contribution in [2.45, 2.75) is 0 Å². The van der Waals surface area contributed by atoms with Gasteiger partial charge < -0.3 is 14.2 Å². The van der Waals surface area contributed by atoms with Gasteiger partial charge in [-0.25, -0.2) is 0 Å². The van der Waals surface area contributed by atoms with E-state index < -0.39 is 0 Å². The number of hydrogen-bond donors (Lipinski definition) is 0. The maximum Gasteiger partial charge on any atom is 0.137 e. The summed E-state index contributed by atoms with van der Waals surface area (Å²) in [5.41, 5.74) is 12.5. The Morgan fingerprint density at radius 1 is 0.273 bits per heavy atom. The molecular weight excluding hydrogens is 669 g/mol. The summed E-state index contributed by atoms with van der Waals surface area (Å²) in [4.78, 5) is 4.75. The van der Waals surface area contributed by atoms with Crippen LogP contribution < -0.4 is 9.80 Å². The minimum absolute atomic E-state index is 0.829. The lowest BCUT2D eigenvalue weighted by molar-refractivity contribution is 0.669. The molecule has 0 aliphatic heterocycles. The Labute approximate surface area is 320 Å². The van der Waals surface area contributed by atoms with E-state index in [0.29, 0.717) is 0 Å². The predicted molar refractivity (Wildman–Crippen MR) is 231 cm³/mol. The van der Waals surface area contributed by atoms with Gasteiger partial charge in [0.15, 0.2) is 0 Å². The Kier molecular flexibility index (Phi) is 8.16. The molecule has 9 aromatic carbocycles. The second-order valence-corrected chi connectivity index (χ2v) is 13.8. The number of hydrogen-bond acceptors (Lipinski definition) is 3. The lowest BCUT2D eigenvalue weighted by Crippen LogP contribution is -2.17. The van der Waals surface area contributed by atoms with E-state index in [-0.39, 0.29) is 0 Å². The van der Waals surface area contributed by atoms with Crippen LogP contribution in [0.25, 0.3) is 55.0 Å². The first-order chi connectivity index (χ1) is 27.3. The van der Waals surface area contributed by atoms with Crippen LogP contribution in [0.5, 0.6) is 0 Å². The average molecular weight is 705 g/mol. The average Bonchev–Trinajstić information content (AvgIpc) is 3.60. The number of furan rings is 1. The minimum Gasteiger partial charge on any atom is -0.456 e. The van der Waals surface area contributed by atoms with Crippen LogP contribution in [0.2, 0.25) is 0 Å². The van der Waals surface area contributed by atoms with Crippen LogP contribution in [0, 0.1) is 0 Å². The highest BCUT2D eigenvalue weighted by Crippen LogP contribution is 2.49. The zero-order valence-corrected chi connectivity index (χ0v) is 30.1. The van der Waals surface area contributed by atoms with Gasteiger partial charge in [-0.15, -0.1) is 0 Å². The van der Waals surface area contributed by atoms with Crippen molar-refractivity contribution in [1.82, 2.24) is 0 Å². The van der Waals surface area contributed by atoms with E-state index in [9.17, 15) is 0 Å². The van der Waals surface area contributed by atoms with Gasteiger partial charge >= 0.3 is 0 Å². The quantitative estimate of drug-likeness (QED) is 0.157. The number of benzene rings is 9. The molecule has 3 nitrogen and oxygen atoms in total. The van der Waals surface area contributed by atoms with Crippen LogP contribution >= 0.6 is 0 Å². The van der Waals surface area contributed by atoms with E-state index in [4.69, 9.17) is 4.42 Å². The first kappa shape index (κ1) is 32.3. The van der Waals surface area contributed by atoms with Crippen LogP contribution in [0.4, 0.5) is 34.1 Å². The zero-order valence-electron chi connectivity index (χ0n) is 30.1. The van der Waals surface area contributed by atoms with Crippen molar-refractivity contribution >= 4 is 66.8 Å². The van der Waals surface area contributed by atoms with Crippen molar-refractivity contribution in [3.63, 3.8) is 0 Å². The van der Waals surface area contributed by atoms with Gasteiger partial charge in [0.25, 0.3) is 0 Å². The van der Waals surface area contributed by atoms with Crippen LogP contribution in [0.3, 0.4) is 0 Å². The van der Waals surface area contributed by atoms with Gasteiger partial charge in [0.2, 0.25) is 0 Å². The van der Waals surface area contributed by atoms with Crippen LogP contribution in [0.15, 0.2) is 223 Å². The summed E-state index contributed by atoms with van der Waals surface area (Å²) in [6.45, 7) is 0. The fourth-order valence-corrected chi connectivity index (χ4v) is 7.76. The summed E-state index contributed by atoms with van der Waals surface area (Å²) in [7, 11) is 0. The number of rotatable bonds is 8. The number of anilines is 6. The van der Waals surface area contributed by atoms with E-state index in [1.54, 1.807) is 0 Å². The van der Waals surface area contributed by atoms with Crippen molar-refractivity contribution in [3.05, 3.63) is 218 Å².